The van der Waals surface area contributed by atoms with Gasteiger partial charge in [-0.15, -0.1) is 0 Å². The van der Waals surface area contributed by atoms with E-state index < -0.39 is 6.09 Å². The molecule has 1 rings (SSSR count). The molecule has 0 radical (unpaired) electrons. The zero-order valence-corrected chi connectivity index (χ0v) is 12.2. The van der Waals surface area contributed by atoms with Gasteiger partial charge in [-0.2, -0.15) is 0 Å². The van der Waals surface area contributed by atoms with Gasteiger partial charge in [-0.1, -0.05) is 16.8 Å². The number of rotatable bonds is 4. The number of nitrogens with zero attached hydrogens (tertiary/aromatic N) is 1. The van der Waals surface area contributed by atoms with Crippen molar-refractivity contribution in [2.24, 2.45) is 5.16 Å². The number of alkyl carbamates (subject to hydrolysis) is 1. The molecule has 0 fully saturated rings. The number of hydrogen-bond acceptors (Lipinski definition) is 4. The maximum atomic E-state index is 11.1. The Labute approximate surface area is 117 Å². The number of amides is 1. The molecule has 0 aliphatic carbocycles. The fraction of sp³-hybridized carbons (Fsp3) is 0.385. The molecule has 1 aromatic rings. The van der Waals surface area contributed by atoms with Gasteiger partial charge < -0.3 is 14.9 Å². The highest BCUT2D eigenvalue weighted by atomic mass is 35.5. The minimum atomic E-state index is -0.499. The van der Waals surface area contributed by atoms with E-state index in [1.54, 1.807) is 0 Å². The van der Waals surface area contributed by atoms with Crippen LogP contribution >= 0.6 is 11.6 Å². The quantitative estimate of drug-likeness (QED) is 0.683. The van der Waals surface area contributed by atoms with E-state index in [2.05, 4.69) is 15.2 Å². The van der Waals surface area contributed by atoms with E-state index >= 15 is 0 Å². The molecule has 0 atom stereocenters. The minimum absolute atomic E-state index is 0.292. The van der Waals surface area contributed by atoms with Crippen LogP contribution in [-0.2, 0) is 16.1 Å². The summed E-state index contributed by atoms with van der Waals surface area (Å²) in [5.41, 5.74) is 3.34. The normalized spacial score (nSPS) is 11.1. The molecule has 0 aromatic heterocycles. The van der Waals surface area contributed by atoms with Crippen molar-refractivity contribution in [2.45, 2.75) is 20.4 Å². The third-order valence-electron chi connectivity index (χ3n) is 2.58. The molecular weight excluding hydrogens is 268 g/mol. The van der Waals surface area contributed by atoms with E-state index in [0.29, 0.717) is 11.6 Å². The Hall–Kier alpha value is -1.75. The first-order chi connectivity index (χ1) is 8.99. The van der Waals surface area contributed by atoms with E-state index in [1.165, 1.54) is 14.2 Å². The number of nitrogens with one attached hydrogen (secondary N) is 1. The molecule has 1 N–H and O–H groups in total. The van der Waals surface area contributed by atoms with Crippen molar-refractivity contribution >= 4 is 23.4 Å². The van der Waals surface area contributed by atoms with Crippen LogP contribution in [0.5, 0.6) is 0 Å². The van der Waals surface area contributed by atoms with Crippen molar-refractivity contribution in [1.29, 1.82) is 0 Å². The number of aryl methyl sites for hydroxylation is 1. The lowest BCUT2D eigenvalue weighted by Crippen LogP contribution is -2.22. The van der Waals surface area contributed by atoms with Crippen molar-refractivity contribution in [3.63, 3.8) is 0 Å². The first-order valence-corrected chi connectivity index (χ1v) is 6.06. The summed E-state index contributed by atoms with van der Waals surface area (Å²) in [5, 5.41) is 7.09. The van der Waals surface area contributed by atoms with E-state index in [4.69, 9.17) is 16.4 Å². The van der Waals surface area contributed by atoms with E-state index in [1.807, 2.05) is 26.0 Å². The highest BCUT2D eigenvalue weighted by Crippen LogP contribution is 2.23. The molecule has 5 nitrogen and oxygen atoms in total. The number of benzene rings is 1. The molecular formula is C13H17ClN2O3. The van der Waals surface area contributed by atoms with Crippen LogP contribution in [0.2, 0.25) is 5.02 Å². The Kier molecular flexibility index (Phi) is 5.63. The van der Waals surface area contributed by atoms with Crippen molar-refractivity contribution in [3.8, 4) is 0 Å². The van der Waals surface area contributed by atoms with Crippen molar-refractivity contribution < 1.29 is 14.4 Å². The molecule has 0 unspecified atom stereocenters. The Balaban J connectivity index is 3.03. The average molecular weight is 285 g/mol. The number of oxime groups is 1. The smallest absolute Gasteiger partial charge is 0.407 e. The third-order valence-corrected chi connectivity index (χ3v) is 3.13. The number of carbonyl (C=O) groups is 1. The lowest BCUT2D eigenvalue weighted by atomic mass is 10.0. The van der Waals surface area contributed by atoms with Crippen molar-refractivity contribution in [3.05, 3.63) is 33.8 Å². The van der Waals surface area contributed by atoms with Gasteiger partial charge in [0.2, 0.25) is 0 Å². The molecule has 1 aromatic carbocycles. The Morgan fingerprint density at radius 2 is 2.11 bits per heavy atom. The molecule has 0 saturated heterocycles. The molecule has 0 spiro atoms. The SMILES string of the molecule is CO/N=C(/C)c1cc(C)c(Cl)c(CNC(=O)OC)c1. The summed E-state index contributed by atoms with van der Waals surface area (Å²) in [6.45, 7) is 4.03. The monoisotopic (exact) mass is 284 g/mol. The number of halogens is 1. The van der Waals surface area contributed by atoms with Gasteiger partial charge in [-0.05, 0) is 42.7 Å². The van der Waals surface area contributed by atoms with Gasteiger partial charge in [0.15, 0.2) is 0 Å². The van der Waals surface area contributed by atoms with Crippen LogP contribution in [0.15, 0.2) is 17.3 Å². The van der Waals surface area contributed by atoms with Gasteiger partial charge >= 0.3 is 6.09 Å². The van der Waals surface area contributed by atoms with Crippen LogP contribution in [-0.4, -0.2) is 26.0 Å². The highest BCUT2D eigenvalue weighted by molar-refractivity contribution is 6.32. The second-order valence-electron chi connectivity index (χ2n) is 3.97. The largest absolute Gasteiger partial charge is 0.453 e. The Morgan fingerprint density at radius 1 is 1.42 bits per heavy atom. The zero-order chi connectivity index (χ0) is 14.4. The molecule has 0 bridgehead atoms. The minimum Gasteiger partial charge on any atom is -0.453 e. The van der Waals surface area contributed by atoms with E-state index in [0.717, 1.165) is 22.4 Å². The molecule has 6 heteroatoms. The summed E-state index contributed by atoms with van der Waals surface area (Å²) in [7, 11) is 2.81. The fourth-order valence-corrected chi connectivity index (χ4v) is 1.79. The van der Waals surface area contributed by atoms with Crippen LogP contribution in [0.4, 0.5) is 4.79 Å². The second kappa shape index (κ2) is 6.99. The standard InChI is InChI=1S/C13H17ClN2O3/c1-8-5-10(9(2)16-19-4)6-11(12(8)14)7-15-13(17)18-3/h5-6H,7H2,1-4H3,(H,15,17)/b16-9-. The van der Waals surface area contributed by atoms with Crippen molar-refractivity contribution in [1.82, 2.24) is 5.32 Å². The first-order valence-electron chi connectivity index (χ1n) is 5.68. The third kappa shape index (κ3) is 4.13. The molecule has 1 amide bonds. The number of carbonyl (C=O) groups excluding carboxylic acids is 1. The molecule has 0 saturated carbocycles. The predicted molar refractivity (Wildman–Crippen MR) is 74.7 cm³/mol. The molecule has 0 heterocycles. The van der Waals surface area contributed by atoms with Gasteiger partial charge in [0, 0.05) is 11.6 Å². The van der Waals surface area contributed by atoms with E-state index in [9.17, 15) is 4.79 Å². The summed E-state index contributed by atoms with van der Waals surface area (Å²) < 4.78 is 4.52. The van der Waals surface area contributed by atoms with Crippen LogP contribution in [0.3, 0.4) is 0 Å². The molecule has 0 aliphatic heterocycles. The lowest BCUT2D eigenvalue weighted by molar-refractivity contribution is 0.170. The Morgan fingerprint density at radius 3 is 2.68 bits per heavy atom. The summed E-state index contributed by atoms with van der Waals surface area (Å²) in [6.07, 6.45) is -0.499. The first kappa shape index (κ1) is 15.3. The lowest BCUT2D eigenvalue weighted by Gasteiger charge is -2.11. The zero-order valence-electron chi connectivity index (χ0n) is 11.4. The summed E-state index contributed by atoms with van der Waals surface area (Å²) >= 11 is 6.21. The second-order valence-corrected chi connectivity index (χ2v) is 4.35. The van der Waals surface area contributed by atoms with E-state index in [-0.39, 0.29) is 0 Å². The van der Waals surface area contributed by atoms with Crippen LogP contribution in [0.1, 0.15) is 23.6 Å². The predicted octanol–water partition coefficient (Wildman–Crippen LogP) is 2.87. The number of ether oxygens (including phenoxy) is 1. The highest BCUT2D eigenvalue weighted by Gasteiger charge is 2.10. The molecule has 0 aliphatic rings. The summed E-state index contributed by atoms with van der Waals surface area (Å²) in [6, 6.07) is 3.78. The fourth-order valence-electron chi connectivity index (χ4n) is 1.61. The van der Waals surface area contributed by atoms with Gasteiger partial charge in [0.1, 0.15) is 7.11 Å². The van der Waals surface area contributed by atoms with Gasteiger partial charge in [-0.3, -0.25) is 0 Å². The summed E-state index contributed by atoms with van der Waals surface area (Å²) in [4.78, 5) is 15.8. The maximum absolute atomic E-state index is 11.1. The van der Waals surface area contributed by atoms with Gasteiger partial charge in [0.05, 0.1) is 12.8 Å². The maximum Gasteiger partial charge on any atom is 0.407 e. The Bertz CT molecular complexity index is 501. The van der Waals surface area contributed by atoms with Crippen LogP contribution in [0.25, 0.3) is 0 Å². The van der Waals surface area contributed by atoms with Gasteiger partial charge in [0.25, 0.3) is 0 Å². The van der Waals surface area contributed by atoms with Crippen molar-refractivity contribution in [2.75, 3.05) is 14.2 Å². The number of hydrogen-bond donors (Lipinski definition) is 1. The van der Waals surface area contributed by atoms with Crippen LogP contribution in [0, 0.1) is 6.92 Å². The number of methoxy groups -OCH3 is 1. The van der Waals surface area contributed by atoms with Gasteiger partial charge in [-0.25, -0.2) is 4.79 Å². The van der Waals surface area contributed by atoms with Crippen LogP contribution < -0.4 is 5.32 Å². The molecule has 104 valence electrons. The summed E-state index contributed by atoms with van der Waals surface area (Å²) in [5.74, 6) is 0. The average Bonchev–Trinajstić information content (AvgIpc) is 2.40. The topological polar surface area (TPSA) is 59.9 Å². The molecule has 19 heavy (non-hydrogen) atoms.